The molecule has 228 valence electrons. The number of fused-ring (bicyclic) bond motifs is 1. The largest absolute Gasteiger partial charge is 0.497 e. The lowest BCUT2D eigenvalue weighted by atomic mass is 9.61. The zero-order valence-electron chi connectivity index (χ0n) is 25.3. The number of carbonyl (C=O) groups is 2. The Balaban J connectivity index is 1.04. The normalized spacial score (nSPS) is 23.1. The monoisotopic (exact) mass is 587 g/mol. The standard InChI is InChI=1S/C32H41N7O4/c1-22-17-35(10-11-36(22)25-14-32(15-25)20-33-21-32)18-23-6-9-39-27(12-23)28(16-34-39)37-8-7-30(40)38(31(37)41)19-24-4-5-26(42-2)13-29(24)43-3/h4-6,9,12-13,16,22,25,33H,7-8,10-11,14-15,17-21H2,1-3H3/t22-/m0/s1. The maximum atomic E-state index is 13.7. The molecule has 5 heterocycles. The van der Waals surface area contributed by atoms with Crippen molar-refractivity contribution in [1.82, 2.24) is 29.6 Å². The lowest BCUT2D eigenvalue weighted by Gasteiger charge is -2.59. The summed E-state index contributed by atoms with van der Waals surface area (Å²) in [7, 11) is 3.15. The van der Waals surface area contributed by atoms with Gasteiger partial charge in [-0.2, -0.15) is 5.10 Å². The summed E-state index contributed by atoms with van der Waals surface area (Å²) in [5.74, 6) is 1.01. The molecule has 0 radical (unpaired) electrons. The number of hydrogen-bond acceptors (Lipinski definition) is 8. The molecule has 1 saturated carbocycles. The van der Waals surface area contributed by atoms with Gasteiger partial charge in [0.05, 0.1) is 38.2 Å². The number of urea groups is 1. The van der Waals surface area contributed by atoms with Gasteiger partial charge in [0.1, 0.15) is 11.5 Å². The Morgan fingerprint density at radius 3 is 2.58 bits per heavy atom. The number of amides is 3. The van der Waals surface area contributed by atoms with Crippen LogP contribution >= 0.6 is 0 Å². The smallest absolute Gasteiger partial charge is 0.331 e. The number of benzene rings is 1. The number of aromatic nitrogens is 2. The van der Waals surface area contributed by atoms with E-state index in [9.17, 15) is 9.59 Å². The van der Waals surface area contributed by atoms with Gasteiger partial charge in [0.15, 0.2) is 0 Å². The summed E-state index contributed by atoms with van der Waals surface area (Å²) in [5.41, 5.74) is 4.11. The number of nitrogens with one attached hydrogen (secondary N) is 1. The van der Waals surface area contributed by atoms with E-state index in [2.05, 4.69) is 39.3 Å². The molecule has 11 nitrogen and oxygen atoms in total. The number of imide groups is 1. The van der Waals surface area contributed by atoms with Gasteiger partial charge in [-0.05, 0) is 55.0 Å². The second-order valence-electron chi connectivity index (χ2n) is 12.7. The van der Waals surface area contributed by atoms with Gasteiger partial charge in [-0.1, -0.05) is 0 Å². The first-order valence-corrected chi connectivity index (χ1v) is 15.3. The number of rotatable bonds is 8. The SMILES string of the molecule is COc1ccc(CN2C(=O)CCN(c3cnn4ccc(CN5CCN(C6CC7(CNC7)C6)[C@@H](C)C5)cc34)C2=O)c(OC)c1. The first-order chi connectivity index (χ1) is 20.9. The predicted molar refractivity (Wildman–Crippen MR) is 162 cm³/mol. The van der Waals surface area contributed by atoms with Crippen LogP contribution in [0.4, 0.5) is 10.5 Å². The van der Waals surface area contributed by atoms with Gasteiger partial charge in [-0.15, -0.1) is 0 Å². The Labute approximate surface area is 252 Å². The molecule has 3 amide bonds. The van der Waals surface area contributed by atoms with Gasteiger partial charge in [0, 0.05) is 82.1 Å². The Hall–Kier alpha value is -3.67. The van der Waals surface area contributed by atoms with E-state index >= 15 is 0 Å². The Bertz CT molecular complexity index is 1530. The van der Waals surface area contributed by atoms with Gasteiger partial charge >= 0.3 is 6.03 Å². The van der Waals surface area contributed by atoms with E-state index in [1.165, 1.54) is 36.4 Å². The summed E-state index contributed by atoms with van der Waals surface area (Å²) >= 11 is 0. The Morgan fingerprint density at radius 2 is 1.86 bits per heavy atom. The fraction of sp³-hybridized carbons (Fsp3) is 0.531. The average molecular weight is 588 g/mol. The molecule has 11 heteroatoms. The summed E-state index contributed by atoms with van der Waals surface area (Å²) in [6.07, 6.45) is 6.62. The van der Waals surface area contributed by atoms with Crippen LogP contribution in [0.15, 0.2) is 42.7 Å². The minimum Gasteiger partial charge on any atom is -0.497 e. The summed E-state index contributed by atoms with van der Waals surface area (Å²) in [6.45, 7) is 9.28. The van der Waals surface area contributed by atoms with Crippen LogP contribution in [0.5, 0.6) is 11.5 Å². The van der Waals surface area contributed by atoms with Gasteiger partial charge < -0.3 is 14.8 Å². The molecule has 1 aromatic carbocycles. The lowest BCUT2D eigenvalue weighted by molar-refractivity contribution is -0.129. The number of ether oxygens (including phenoxy) is 2. The molecule has 4 fully saturated rings. The number of piperazine rings is 1. The van der Waals surface area contributed by atoms with Crippen molar-refractivity contribution in [1.29, 1.82) is 0 Å². The molecular formula is C32H41N7O4. The quantitative estimate of drug-likeness (QED) is 0.430. The maximum Gasteiger partial charge on any atom is 0.331 e. The van der Waals surface area contributed by atoms with E-state index < -0.39 is 0 Å². The van der Waals surface area contributed by atoms with Crippen molar-refractivity contribution in [3.05, 3.63) is 53.9 Å². The van der Waals surface area contributed by atoms with E-state index in [0.717, 1.165) is 43.3 Å². The molecule has 2 aromatic heterocycles. The maximum absolute atomic E-state index is 13.7. The second kappa shape index (κ2) is 11.1. The lowest BCUT2D eigenvalue weighted by Crippen LogP contribution is -2.68. The molecule has 1 N–H and O–H groups in total. The number of anilines is 1. The van der Waals surface area contributed by atoms with E-state index in [0.29, 0.717) is 35.2 Å². The van der Waals surface area contributed by atoms with E-state index in [-0.39, 0.29) is 24.9 Å². The third kappa shape index (κ3) is 5.13. The molecule has 3 aliphatic heterocycles. The Kier molecular flexibility index (Phi) is 7.27. The van der Waals surface area contributed by atoms with E-state index in [1.807, 2.05) is 16.8 Å². The first kappa shape index (κ1) is 28.1. The van der Waals surface area contributed by atoms with Crippen LogP contribution in [-0.2, 0) is 17.9 Å². The molecule has 0 unspecified atom stereocenters. The van der Waals surface area contributed by atoms with Crippen molar-refractivity contribution in [2.45, 2.75) is 51.4 Å². The third-order valence-electron chi connectivity index (χ3n) is 9.97. The number of methoxy groups -OCH3 is 2. The van der Waals surface area contributed by atoms with Crippen LogP contribution in [0.25, 0.3) is 5.52 Å². The second-order valence-corrected chi connectivity index (χ2v) is 12.7. The summed E-state index contributed by atoms with van der Waals surface area (Å²) in [5, 5.41) is 7.98. The molecule has 0 bridgehead atoms. The highest BCUT2D eigenvalue weighted by molar-refractivity contribution is 6.07. The van der Waals surface area contributed by atoms with Crippen LogP contribution < -0.4 is 19.7 Å². The molecular weight excluding hydrogens is 546 g/mol. The number of carbonyl (C=O) groups excluding carboxylic acids is 2. The van der Waals surface area contributed by atoms with Crippen molar-refractivity contribution in [2.24, 2.45) is 5.41 Å². The van der Waals surface area contributed by atoms with Gasteiger partial charge in [0.2, 0.25) is 5.91 Å². The van der Waals surface area contributed by atoms with Crippen LogP contribution in [0.2, 0.25) is 0 Å². The van der Waals surface area contributed by atoms with E-state index in [1.54, 1.807) is 37.4 Å². The fourth-order valence-corrected chi connectivity index (χ4v) is 7.47. The minimum atomic E-state index is -0.352. The molecule has 1 spiro atoms. The fourth-order valence-electron chi connectivity index (χ4n) is 7.47. The molecule has 4 aliphatic rings. The number of hydrogen-bond donors (Lipinski definition) is 1. The van der Waals surface area contributed by atoms with Crippen LogP contribution in [-0.4, -0.2) is 102 Å². The highest BCUT2D eigenvalue weighted by Gasteiger charge is 2.51. The van der Waals surface area contributed by atoms with Crippen molar-refractivity contribution < 1.29 is 19.1 Å². The predicted octanol–water partition coefficient (Wildman–Crippen LogP) is 2.97. The highest BCUT2D eigenvalue weighted by atomic mass is 16.5. The number of pyridine rings is 1. The summed E-state index contributed by atoms with van der Waals surface area (Å²) in [4.78, 5) is 34.9. The van der Waals surface area contributed by atoms with Crippen molar-refractivity contribution in [3.63, 3.8) is 0 Å². The van der Waals surface area contributed by atoms with Crippen molar-refractivity contribution in [3.8, 4) is 11.5 Å². The highest BCUT2D eigenvalue weighted by Crippen LogP contribution is 2.47. The first-order valence-electron chi connectivity index (χ1n) is 15.3. The van der Waals surface area contributed by atoms with E-state index in [4.69, 9.17) is 9.47 Å². The molecule has 3 saturated heterocycles. The van der Waals surface area contributed by atoms with Crippen LogP contribution in [0.1, 0.15) is 37.3 Å². The molecule has 43 heavy (non-hydrogen) atoms. The van der Waals surface area contributed by atoms with Gasteiger partial charge in [0.25, 0.3) is 0 Å². The zero-order chi connectivity index (χ0) is 29.7. The summed E-state index contributed by atoms with van der Waals surface area (Å²) in [6, 6.07) is 10.6. The molecule has 1 atom stereocenters. The van der Waals surface area contributed by atoms with Gasteiger partial charge in [-0.3, -0.25) is 24.4 Å². The Morgan fingerprint density at radius 1 is 1.02 bits per heavy atom. The zero-order valence-corrected chi connectivity index (χ0v) is 25.3. The minimum absolute atomic E-state index is 0.120. The third-order valence-corrected chi connectivity index (χ3v) is 9.97. The summed E-state index contributed by atoms with van der Waals surface area (Å²) < 4.78 is 12.6. The van der Waals surface area contributed by atoms with Crippen LogP contribution in [0, 0.1) is 5.41 Å². The average Bonchev–Trinajstić information content (AvgIpc) is 3.38. The van der Waals surface area contributed by atoms with Crippen molar-refractivity contribution in [2.75, 3.05) is 58.4 Å². The van der Waals surface area contributed by atoms with Crippen LogP contribution in [0.3, 0.4) is 0 Å². The van der Waals surface area contributed by atoms with Crippen molar-refractivity contribution >= 4 is 23.1 Å². The van der Waals surface area contributed by atoms with Gasteiger partial charge in [-0.25, -0.2) is 9.31 Å². The molecule has 1 aliphatic carbocycles. The molecule has 7 rings (SSSR count). The number of nitrogens with zero attached hydrogens (tertiary/aromatic N) is 6. The molecule has 3 aromatic rings. The topological polar surface area (TPSA) is 94.9 Å².